The van der Waals surface area contributed by atoms with Gasteiger partial charge < -0.3 is 14.2 Å². The van der Waals surface area contributed by atoms with Crippen molar-refractivity contribution in [1.29, 1.82) is 0 Å². The second kappa shape index (κ2) is 9.99. The van der Waals surface area contributed by atoms with Crippen LogP contribution in [0.2, 0.25) is 0 Å². The molecule has 2 heterocycles. The molecule has 1 aromatic carbocycles. The molecule has 3 rings (SSSR count). The van der Waals surface area contributed by atoms with Gasteiger partial charge in [-0.15, -0.1) is 11.3 Å². The lowest BCUT2D eigenvalue weighted by Gasteiger charge is -2.33. The van der Waals surface area contributed by atoms with Gasteiger partial charge in [0.15, 0.2) is 17.6 Å². The first-order valence-electron chi connectivity index (χ1n) is 9.61. The molecule has 0 fully saturated rings. The molecule has 1 atom stereocenters. The zero-order chi connectivity index (χ0) is 26.1. The maximum atomic E-state index is 13.5. The number of hydrogen-bond donors (Lipinski definition) is 0. The molecule has 1 aliphatic heterocycles. The molecule has 4 nitrogen and oxygen atoms in total. The highest BCUT2D eigenvalue weighted by molar-refractivity contribution is 8.14. The number of benzene rings is 1. The normalized spacial score (nSPS) is 16.8. The number of carbonyl (C=O) groups excluding carboxylic acids is 1. The lowest BCUT2D eigenvalue weighted by atomic mass is 10.0. The van der Waals surface area contributed by atoms with E-state index in [2.05, 4.69) is 0 Å². The van der Waals surface area contributed by atoms with Crippen LogP contribution in [0.25, 0.3) is 0 Å². The molecule has 0 bridgehead atoms. The summed E-state index contributed by atoms with van der Waals surface area (Å²) in [6, 6.07) is 5.20. The molecule has 0 N–H and O–H groups in total. The number of carbonyl (C=O) groups is 1. The topological polar surface area (TPSA) is 44.8 Å². The van der Waals surface area contributed by atoms with Crippen molar-refractivity contribution >= 4 is 28.2 Å². The Morgan fingerprint density at radius 3 is 2.23 bits per heavy atom. The van der Waals surface area contributed by atoms with Crippen molar-refractivity contribution in [3.63, 3.8) is 0 Å². The SMILES string of the molecule is O=C(SCCC(F)(F)C(F)(F)C(F)(F)C(F)(F)F)c1ccc(OCC2COc3cscc3O2)cc1. The third-order valence-corrected chi connectivity index (χ3v) is 6.30. The summed E-state index contributed by atoms with van der Waals surface area (Å²) < 4.78 is 132. The highest BCUT2D eigenvalue weighted by Gasteiger charge is 2.81. The zero-order valence-corrected chi connectivity index (χ0v) is 18.9. The Bertz CT molecular complexity index is 1020. The molecular formula is C20H15F9O4S2. The molecule has 0 spiro atoms. The Morgan fingerprint density at radius 1 is 0.971 bits per heavy atom. The van der Waals surface area contributed by atoms with Crippen LogP contribution < -0.4 is 14.2 Å². The molecular weight excluding hydrogens is 539 g/mol. The van der Waals surface area contributed by atoms with E-state index in [4.69, 9.17) is 14.2 Å². The van der Waals surface area contributed by atoms with E-state index in [0.29, 0.717) is 17.2 Å². The van der Waals surface area contributed by atoms with Crippen LogP contribution in [0.1, 0.15) is 16.8 Å². The summed E-state index contributed by atoms with van der Waals surface area (Å²) >= 11 is 1.48. The zero-order valence-electron chi connectivity index (χ0n) is 17.2. The first kappa shape index (κ1) is 27.3. The quantitative estimate of drug-likeness (QED) is 0.323. The number of fused-ring (bicyclic) bond motifs is 1. The van der Waals surface area contributed by atoms with Crippen molar-refractivity contribution in [2.75, 3.05) is 19.0 Å². The summed E-state index contributed by atoms with van der Waals surface area (Å²) in [5.41, 5.74) is -0.0572. The molecule has 194 valence electrons. The summed E-state index contributed by atoms with van der Waals surface area (Å²) in [5, 5.41) is 2.66. The van der Waals surface area contributed by atoms with E-state index in [0.717, 1.165) is 0 Å². The van der Waals surface area contributed by atoms with Crippen LogP contribution in [0.3, 0.4) is 0 Å². The molecule has 1 aromatic heterocycles. The van der Waals surface area contributed by atoms with Gasteiger partial charge >= 0.3 is 23.9 Å². The molecule has 15 heteroatoms. The number of rotatable bonds is 9. The van der Waals surface area contributed by atoms with Gasteiger partial charge in [-0.3, -0.25) is 4.79 Å². The molecule has 2 aromatic rings. The Kier molecular flexibility index (Phi) is 7.79. The molecule has 0 radical (unpaired) electrons. The molecule has 0 amide bonds. The maximum Gasteiger partial charge on any atom is 0.460 e. The van der Waals surface area contributed by atoms with Crippen LogP contribution in [0.4, 0.5) is 39.5 Å². The van der Waals surface area contributed by atoms with Gasteiger partial charge in [0.1, 0.15) is 19.0 Å². The second-order valence-electron chi connectivity index (χ2n) is 7.22. The third-order valence-electron chi connectivity index (χ3n) is 4.70. The molecule has 0 aliphatic carbocycles. The molecule has 0 saturated heterocycles. The van der Waals surface area contributed by atoms with E-state index in [1.807, 2.05) is 0 Å². The first-order valence-corrected chi connectivity index (χ1v) is 11.5. The maximum absolute atomic E-state index is 13.5. The molecule has 1 unspecified atom stereocenters. The first-order chi connectivity index (χ1) is 16.2. The van der Waals surface area contributed by atoms with Crippen LogP contribution in [-0.2, 0) is 0 Å². The van der Waals surface area contributed by atoms with Crippen molar-refractivity contribution < 1.29 is 58.5 Å². The van der Waals surface area contributed by atoms with Crippen molar-refractivity contribution in [3.05, 3.63) is 40.6 Å². The van der Waals surface area contributed by atoms with Gasteiger partial charge in [0.2, 0.25) is 5.12 Å². The average molecular weight is 554 g/mol. The number of halogens is 9. The predicted molar refractivity (Wildman–Crippen MR) is 108 cm³/mol. The largest absolute Gasteiger partial charge is 0.490 e. The highest BCUT2D eigenvalue weighted by Crippen LogP contribution is 2.54. The van der Waals surface area contributed by atoms with Gasteiger partial charge in [-0.05, 0) is 24.3 Å². The summed E-state index contributed by atoms with van der Waals surface area (Å²) in [6.45, 7) is 0.346. The Balaban J connectivity index is 1.49. The van der Waals surface area contributed by atoms with Crippen LogP contribution in [-0.4, -0.2) is 54.1 Å². The van der Waals surface area contributed by atoms with Crippen LogP contribution >= 0.6 is 23.1 Å². The number of ether oxygens (including phenoxy) is 3. The lowest BCUT2D eigenvalue weighted by molar-refractivity contribution is -0.396. The summed E-state index contributed by atoms with van der Waals surface area (Å²) in [6.07, 6.45) is -9.37. The van der Waals surface area contributed by atoms with Crippen molar-refractivity contribution in [3.8, 4) is 17.2 Å². The van der Waals surface area contributed by atoms with Gasteiger partial charge in [0, 0.05) is 28.5 Å². The van der Waals surface area contributed by atoms with Gasteiger partial charge in [-0.1, -0.05) is 11.8 Å². The standard InChI is InChI=1S/C20H15F9O4S2/c21-17(22,18(23,24)19(25,26)20(27,28)29)5-6-35-16(30)11-1-3-12(4-2-11)31-7-13-8-32-14-9-34-10-15(14)33-13/h1-4,9-10,13H,5-8H2. The number of alkyl halides is 9. The minimum atomic E-state index is -6.95. The van der Waals surface area contributed by atoms with Crippen LogP contribution in [0, 0.1) is 0 Å². The summed E-state index contributed by atoms with van der Waals surface area (Å²) in [7, 11) is 0. The molecule has 35 heavy (non-hydrogen) atoms. The van der Waals surface area contributed by atoms with E-state index in [9.17, 15) is 44.3 Å². The van der Waals surface area contributed by atoms with E-state index in [1.54, 1.807) is 10.8 Å². The number of thioether (sulfide) groups is 1. The fraction of sp³-hybridized carbons (Fsp3) is 0.450. The van der Waals surface area contributed by atoms with Crippen LogP contribution in [0.5, 0.6) is 17.2 Å². The number of hydrogen-bond acceptors (Lipinski definition) is 6. The van der Waals surface area contributed by atoms with Gasteiger partial charge in [-0.2, -0.15) is 39.5 Å². The van der Waals surface area contributed by atoms with E-state index in [-0.39, 0.29) is 30.5 Å². The summed E-state index contributed by atoms with van der Waals surface area (Å²) in [5.74, 6) is -19.0. The van der Waals surface area contributed by atoms with Crippen molar-refractivity contribution in [2.24, 2.45) is 0 Å². The lowest BCUT2D eigenvalue weighted by Crippen LogP contribution is -2.60. The van der Waals surface area contributed by atoms with Gasteiger partial charge in [-0.25, -0.2) is 0 Å². The predicted octanol–water partition coefficient (Wildman–Crippen LogP) is 6.70. The Hall–Kier alpha value is -2.29. The number of thiophene rings is 1. The van der Waals surface area contributed by atoms with Crippen LogP contribution in [0.15, 0.2) is 35.0 Å². The van der Waals surface area contributed by atoms with Crippen molar-refractivity contribution in [2.45, 2.75) is 36.5 Å². The minimum absolute atomic E-state index is 0.0572. The summed E-state index contributed by atoms with van der Waals surface area (Å²) in [4.78, 5) is 12.1. The Morgan fingerprint density at radius 2 is 1.60 bits per heavy atom. The highest BCUT2D eigenvalue weighted by atomic mass is 32.2. The fourth-order valence-electron chi connectivity index (χ4n) is 2.74. The average Bonchev–Trinajstić information content (AvgIpc) is 3.24. The third kappa shape index (κ3) is 5.76. The second-order valence-corrected chi connectivity index (χ2v) is 9.03. The van der Waals surface area contributed by atoms with Gasteiger partial charge in [0.05, 0.1) is 0 Å². The molecule has 1 aliphatic rings. The van der Waals surface area contributed by atoms with Crippen molar-refractivity contribution in [1.82, 2.24) is 0 Å². The smallest absolute Gasteiger partial charge is 0.460 e. The van der Waals surface area contributed by atoms with E-state index in [1.165, 1.54) is 35.6 Å². The van der Waals surface area contributed by atoms with E-state index >= 15 is 0 Å². The minimum Gasteiger partial charge on any atom is -0.490 e. The van der Waals surface area contributed by atoms with E-state index < -0.39 is 47.3 Å². The van der Waals surface area contributed by atoms with Gasteiger partial charge in [0.25, 0.3) is 0 Å². The monoisotopic (exact) mass is 554 g/mol. The fourth-order valence-corrected chi connectivity index (χ4v) is 4.26. The Labute approximate surface area is 200 Å². The molecule has 0 saturated carbocycles.